The molecule has 76 heavy (non-hydrogen) atoms. The summed E-state index contributed by atoms with van der Waals surface area (Å²) in [4.78, 5) is 0. The molecule has 0 spiro atoms. The molecule has 12 aromatic rings. The number of benzene rings is 10. The highest BCUT2D eigenvalue weighted by Gasteiger charge is 2.29. The fourth-order valence-electron chi connectivity index (χ4n) is 11.9. The highest BCUT2D eigenvalue weighted by atomic mass is 28.3. The predicted octanol–water partition coefficient (Wildman–Crippen LogP) is 17.9. The summed E-state index contributed by atoms with van der Waals surface area (Å²) in [5.74, 6) is 0. The van der Waals surface area contributed by atoms with E-state index in [0.717, 1.165) is 0 Å². The van der Waals surface area contributed by atoms with E-state index < -0.39 is 32.3 Å². The molecule has 12 rings (SSSR count). The second-order valence-corrected chi connectivity index (χ2v) is 45.8. The standard InChI is InChI=1S/C70H70N2Si4/c1-73(2,3)51-29-21-25-47(41-51)67-59-37-17-19-39-63(59)71(69(67)49-27-23-31-53(43-49)75(7,8)9)65-45-61-56-34-14-16-36-58(56)66(46-62(61)55-33-13-15-35-57(55)65)72-64-40-20-18-38-60(64)68(48-26-22-30-52(42-48)74(4,5)6)70(72)50-28-24-32-54(44-50)76(10,11)12/h13-46H,1-12H3. The van der Waals surface area contributed by atoms with Gasteiger partial charge in [-0.3, -0.25) is 0 Å². The normalized spacial score (nSPS) is 12.7. The Hall–Kier alpha value is -7.07. The van der Waals surface area contributed by atoms with Crippen molar-refractivity contribution < 1.29 is 0 Å². The Morgan fingerprint density at radius 3 is 0.842 bits per heavy atom. The zero-order valence-electron chi connectivity index (χ0n) is 46.5. The summed E-state index contributed by atoms with van der Waals surface area (Å²) in [6.07, 6.45) is 0. The number of para-hydroxylation sites is 2. The summed E-state index contributed by atoms with van der Waals surface area (Å²) in [5, 5.41) is 15.8. The van der Waals surface area contributed by atoms with Gasteiger partial charge in [-0.2, -0.15) is 0 Å². The van der Waals surface area contributed by atoms with Crippen molar-refractivity contribution in [1.29, 1.82) is 0 Å². The molecule has 0 aliphatic carbocycles. The van der Waals surface area contributed by atoms with Gasteiger partial charge in [0.25, 0.3) is 0 Å². The Morgan fingerprint density at radius 2 is 0.513 bits per heavy atom. The first-order chi connectivity index (χ1) is 36.3. The molecule has 0 unspecified atom stereocenters. The van der Waals surface area contributed by atoms with Crippen LogP contribution in [-0.2, 0) is 0 Å². The Morgan fingerprint density at radius 1 is 0.237 bits per heavy atom. The second kappa shape index (κ2) is 18.3. The van der Waals surface area contributed by atoms with Gasteiger partial charge in [-0.05, 0) is 68.1 Å². The van der Waals surface area contributed by atoms with Crippen LogP contribution in [0.5, 0.6) is 0 Å². The molecule has 6 heteroatoms. The topological polar surface area (TPSA) is 9.86 Å². The van der Waals surface area contributed by atoms with Crippen LogP contribution in [0.25, 0.3) is 110 Å². The molecular formula is C70H70N2Si4. The minimum Gasteiger partial charge on any atom is -0.308 e. The van der Waals surface area contributed by atoms with Crippen molar-refractivity contribution >= 4 is 107 Å². The van der Waals surface area contributed by atoms with Crippen LogP contribution in [0.4, 0.5) is 0 Å². The summed E-state index contributed by atoms with van der Waals surface area (Å²) >= 11 is 0. The van der Waals surface area contributed by atoms with Crippen LogP contribution in [0, 0.1) is 0 Å². The molecule has 0 fully saturated rings. The molecule has 376 valence electrons. The van der Waals surface area contributed by atoms with E-state index in [1.807, 2.05) is 0 Å². The zero-order chi connectivity index (χ0) is 53.1. The second-order valence-electron chi connectivity index (χ2n) is 25.5. The number of nitrogens with zero attached hydrogens (tertiary/aromatic N) is 2. The first kappa shape index (κ1) is 49.8. The average Bonchev–Trinajstić information content (AvgIpc) is 4.11. The lowest BCUT2D eigenvalue weighted by Crippen LogP contribution is -2.37. The maximum absolute atomic E-state index is 2.63. The van der Waals surface area contributed by atoms with Crippen molar-refractivity contribution in [2.45, 2.75) is 78.6 Å². The molecule has 0 radical (unpaired) electrons. The lowest BCUT2D eigenvalue weighted by molar-refractivity contribution is 1.15. The van der Waals surface area contributed by atoms with Gasteiger partial charge in [0.1, 0.15) is 0 Å². The van der Waals surface area contributed by atoms with E-state index in [4.69, 9.17) is 0 Å². The first-order valence-corrected chi connectivity index (χ1v) is 41.3. The van der Waals surface area contributed by atoms with Crippen LogP contribution < -0.4 is 20.7 Å². The molecule has 0 N–H and O–H groups in total. The maximum Gasteiger partial charge on any atom is 0.0776 e. The van der Waals surface area contributed by atoms with Gasteiger partial charge in [0, 0.05) is 32.7 Å². The molecule has 10 aromatic carbocycles. The number of hydrogen-bond donors (Lipinski definition) is 0. The molecule has 2 aromatic heterocycles. The third kappa shape index (κ3) is 8.51. The molecule has 0 saturated heterocycles. The van der Waals surface area contributed by atoms with Crippen molar-refractivity contribution in [3.63, 3.8) is 0 Å². The van der Waals surface area contributed by atoms with Crippen LogP contribution in [0.2, 0.25) is 78.6 Å². The summed E-state index contributed by atoms with van der Waals surface area (Å²) in [6.45, 7) is 29.6. The minimum absolute atomic E-state index is 1.19. The molecule has 0 bridgehead atoms. The molecule has 0 amide bonds. The average molecular weight is 1050 g/mol. The van der Waals surface area contributed by atoms with Crippen molar-refractivity contribution in [3.05, 3.63) is 206 Å². The number of rotatable bonds is 10. The lowest BCUT2D eigenvalue weighted by Gasteiger charge is -2.22. The van der Waals surface area contributed by atoms with E-state index in [1.54, 1.807) is 0 Å². The van der Waals surface area contributed by atoms with Crippen LogP contribution in [0.3, 0.4) is 0 Å². The van der Waals surface area contributed by atoms with E-state index in [2.05, 4.69) is 294 Å². The SMILES string of the molecule is C[Si](C)(C)c1cccc(-c2c(-c3cccc([Si](C)(C)C)c3)n(-c3cc4c5ccccc5c(-n5c(-c6cccc([Si](C)(C)C)c6)c(-c6cccc([Si](C)(C)C)c6)c6ccccc65)cc4c4ccccc34)c3ccccc23)c1. The van der Waals surface area contributed by atoms with Crippen LogP contribution >= 0.6 is 0 Å². The molecule has 0 saturated carbocycles. The predicted molar refractivity (Wildman–Crippen MR) is 346 cm³/mol. The number of aromatic nitrogens is 2. The van der Waals surface area contributed by atoms with Crippen molar-refractivity contribution in [3.8, 4) is 56.1 Å². The Kier molecular flexibility index (Phi) is 12.0. The monoisotopic (exact) mass is 1050 g/mol. The third-order valence-electron chi connectivity index (χ3n) is 16.1. The van der Waals surface area contributed by atoms with E-state index in [9.17, 15) is 0 Å². The highest BCUT2D eigenvalue weighted by molar-refractivity contribution is 6.90. The number of fused-ring (bicyclic) bond motifs is 7. The quantitative estimate of drug-likeness (QED) is 0.0954. The van der Waals surface area contributed by atoms with Gasteiger partial charge < -0.3 is 9.13 Å². The Balaban J connectivity index is 1.21. The van der Waals surface area contributed by atoms with E-state index in [1.165, 1.54) is 131 Å². The molecule has 2 heterocycles. The Bertz CT molecular complexity index is 4000. The summed E-state index contributed by atoms with van der Waals surface area (Å²) in [6, 6.07) is 79.9. The fourth-order valence-corrected chi connectivity index (χ4v) is 16.7. The van der Waals surface area contributed by atoms with Gasteiger partial charge in [0.15, 0.2) is 0 Å². The van der Waals surface area contributed by atoms with Crippen molar-refractivity contribution in [2.75, 3.05) is 0 Å². The first-order valence-electron chi connectivity index (χ1n) is 27.3. The molecular weight excluding hydrogens is 981 g/mol. The summed E-state index contributed by atoms with van der Waals surface area (Å²) in [7, 11) is -6.68. The summed E-state index contributed by atoms with van der Waals surface area (Å²) < 4.78 is 5.26. The molecule has 0 atom stereocenters. The van der Waals surface area contributed by atoms with Crippen LogP contribution in [-0.4, -0.2) is 41.4 Å². The van der Waals surface area contributed by atoms with Gasteiger partial charge in [0.2, 0.25) is 0 Å². The molecule has 0 aliphatic heterocycles. The minimum atomic E-state index is -1.69. The fraction of sp³-hybridized carbons (Fsp3) is 0.171. The number of hydrogen-bond acceptors (Lipinski definition) is 0. The van der Waals surface area contributed by atoms with Gasteiger partial charge >= 0.3 is 0 Å². The zero-order valence-corrected chi connectivity index (χ0v) is 50.5. The van der Waals surface area contributed by atoms with E-state index in [-0.39, 0.29) is 0 Å². The van der Waals surface area contributed by atoms with Crippen molar-refractivity contribution in [1.82, 2.24) is 9.13 Å². The highest BCUT2D eigenvalue weighted by Crippen LogP contribution is 2.48. The van der Waals surface area contributed by atoms with Crippen molar-refractivity contribution in [2.24, 2.45) is 0 Å². The Labute approximate surface area is 454 Å². The maximum atomic E-state index is 2.63. The van der Waals surface area contributed by atoms with Gasteiger partial charge in [-0.15, -0.1) is 0 Å². The van der Waals surface area contributed by atoms with Gasteiger partial charge in [-0.1, -0.05) is 281 Å². The lowest BCUT2D eigenvalue weighted by atomic mass is 9.94. The van der Waals surface area contributed by atoms with Gasteiger partial charge in [-0.25, -0.2) is 0 Å². The van der Waals surface area contributed by atoms with Crippen LogP contribution in [0.15, 0.2) is 206 Å². The van der Waals surface area contributed by atoms with Crippen LogP contribution in [0.1, 0.15) is 0 Å². The smallest absolute Gasteiger partial charge is 0.0776 e. The largest absolute Gasteiger partial charge is 0.308 e. The molecule has 0 aliphatic rings. The molecule has 2 nitrogen and oxygen atoms in total. The third-order valence-corrected chi connectivity index (χ3v) is 24.3. The van der Waals surface area contributed by atoms with Gasteiger partial charge in [0.05, 0.1) is 66.1 Å². The van der Waals surface area contributed by atoms with E-state index in [0.29, 0.717) is 0 Å². The summed E-state index contributed by atoms with van der Waals surface area (Å²) in [5.41, 5.74) is 15.0. The van der Waals surface area contributed by atoms with E-state index >= 15 is 0 Å².